The highest BCUT2D eigenvalue weighted by Crippen LogP contribution is 2.14. The smallest absolute Gasteiger partial charge is 0.227 e. The van der Waals surface area contributed by atoms with Crippen molar-refractivity contribution in [3.05, 3.63) is 17.8 Å². The number of carbonyl (C=O) groups excluding carboxylic acids is 1. The third-order valence-corrected chi connectivity index (χ3v) is 2.97. The Morgan fingerprint density at radius 2 is 2.39 bits per heavy atom. The van der Waals surface area contributed by atoms with Crippen LogP contribution in [0.3, 0.4) is 0 Å². The highest BCUT2D eigenvalue weighted by atomic mass is 16.5. The second kappa shape index (κ2) is 5.97. The predicted molar refractivity (Wildman–Crippen MR) is 64.9 cm³/mol. The average molecular weight is 253 g/mol. The van der Waals surface area contributed by atoms with E-state index in [0.29, 0.717) is 25.6 Å². The third kappa shape index (κ3) is 3.08. The minimum atomic E-state index is -0.138. The molecular weight excluding hydrogens is 234 g/mol. The van der Waals surface area contributed by atoms with Crippen molar-refractivity contribution in [2.45, 2.75) is 26.4 Å². The molecule has 18 heavy (non-hydrogen) atoms. The SMILES string of the molecule is CCNC1COCC1C(=O)NCc1ncc(C)o1. The first-order valence-electron chi connectivity index (χ1n) is 6.21. The molecule has 2 unspecified atom stereocenters. The summed E-state index contributed by atoms with van der Waals surface area (Å²) in [5.41, 5.74) is 0. The number of rotatable bonds is 5. The molecule has 0 bridgehead atoms. The molecule has 0 spiro atoms. The fraction of sp³-hybridized carbons (Fsp3) is 0.667. The van der Waals surface area contributed by atoms with Crippen LogP contribution in [-0.4, -0.2) is 36.7 Å². The van der Waals surface area contributed by atoms with Crippen LogP contribution in [0, 0.1) is 12.8 Å². The standard InChI is InChI=1S/C12H19N3O3/c1-3-13-10-7-17-6-9(10)12(16)15-5-11-14-4-8(2)18-11/h4,9-10,13H,3,5-7H2,1-2H3,(H,15,16). The van der Waals surface area contributed by atoms with Crippen molar-refractivity contribution in [1.29, 1.82) is 0 Å². The van der Waals surface area contributed by atoms with Crippen molar-refractivity contribution < 1.29 is 13.9 Å². The van der Waals surface area contributed by atoms with Gasteiger partial charge < -0.3 is 19.8 Å². The second-order valence-electron chi connectivity index (χ2n) is 4.39. The predicted octanol–water partition coefficient (Wildman–Crippen LogP) is 0.224. The number of amides is 1. The molecule has 1 aromatic rings. The summed E-state index contributed by atoms with van der Waals surface area (Å²) in [6.45, 7) is 6.05. The summed E-state index contributed by atoms with van der Waals surface area (Å²) in [6.07, 6.45) is 1.64. The molecule has 1 aliphatic rings. The van der Waals surface area contributed by atoms with Crippen LogP contribution in [0.5, 0.6) is 0 Å². The molecule has 0 aliphatic carbocycles. The van der Waals surface area contributed by atoms with Gasteiger partial charge >= 0.3 is 0 Å². The molecule has 2 atom stereocenters. The zero-order valence-corrected chi connectivity index (χ0v) is 10.7. The molecule has 2 heterocycles. The van der Waals surface area contributed by atoms with Crippen LogP contribution >= 0.6 is 0 Å². The maximum absolute atomic E-state index is 12.0. The van der Waals surface area contributed by atoms with Gasteiger partial charge in [0.05, 0.1) is 31.9 Å². The van der Waals surface area contributed by atoms with Crippen LogP contribution < -0.4 is 10.6 Å². The molecule has 2 N–H and O–H groups in total. The molecule has 6 heteroatoms. The quantitative estimate of drug-likeness (QED) is 0.785. The van der Waals surface area contributed by atoms with Crippen LogP contribution in [0.15, 0.2) is 10.6 Å². The number of nitrogens with zero attached hydrogens (tertiary/aromatic N) is 1. The lowest BCUT2D eigenvalue weighted by Gasteiger charge is -2.17. The molecular formula is C12H19N3O3. The van der Waals surface area contributed by atoms with Gasteiger partial charge in [-0.05, 0) is 13.5 Å². The largest absolute Gasteiger partial charge is 0.444 e. The van der Waals surface area contributed by atoms with E-state index in [1.807, 2.05) is 13.8 Å². The monoisotopic (exact) mass is 253 g/mol. The minimum absolute atomic E-state index is 0.0192. The summed E-state index contributed by atoms with van der Waals surface area (Å²) in [5, 5.41) is 6.08. The molecule has 1 saturated heterocycles. The Morgan fingerprint density at radius 3 is 3.06 bits per heavy atom. The minimum Gasteiger partial charge on any atom is -0.444 e. The lowest BCUT2D eigenvalue weighted by Crippen LogP contribution is -2.43. The van der Waals surface area contributed by atoms with E-state index in [1.165, 1.54) is 0 Å². The second-order valence-corrected chi connectivity index (χ2v) is 4.39. The van der Waals surface area contributed by atoms with Crippen LogP contribution in [0.1, 0.15) is 18.6 Å². The summed E-state index contributed by atoms with van der Waals surface area (Å²) in [4.78, 5) is 16.1. The van der Waals surface area contributed by atoms with E-state index in [0.717, 1.165) is 12.3 Å². The van der Waals surface area contributed by atoms with Gasteiger partial charge in [0.15, 0.2) is 0 Å². The van der Waals surface area contributed by atoms with E-state index in [9.17, 15) is 4.79 Å². The molecule has 1 aromatic heterocycles. The molecule has 0 aromatic carbocycles. The van der Waals surface area contributed by atoms with E-state index >= 15 is 0 Å². The number of aryl methyl sites for hydroxylation is 1. The van der Waals surface area contributed by atoms with E-state index in [4.69, 9.17) is 9.15 Å². The summed E-state index contributed by atoms with van der Waals surface area (Å²) in [7, 11) is 0. The lowest BCUT2D eigenvalue weighted by atomic mass is 10.0. The van der Waals surface area contributed by atoms with E-state index in [2.05, 4.69) is 15.6 Å². The fourth-order valence-corrected chi connectivity index (χ4v) is 2.05. The molecule has 2 rings (SSSR count). The molecule has 0 saturated carbocycles. The van der Waals surface area contributed by atoms with Crippen molar-refractivity contribution >= 4 is 5.91 Å². The summed E-state index contributed by atoms with van der Waals surface area (Å²) in [5.74, 6) is 1.11. The van der Waals surface area contributed by atoms with Gasteiger partial charge in [-0.3, -0.25) is 4.79 Å². The highest BCUT2D eigenvalue weighted by molar-refractivity contribution is 5.79. The van der Waals surface area contributed by atoms with Crippen molar-refractivity contribution in [2.24, 2.45) is 5.92 Å². The maximum Gasteiger partial charge on any atom is 0.227 e. The molecule has 1 amide bonds. The van der Waals surface area contributed by atoms with Gasteiger partial charge in [0.2, 0.25) is 11.8 Å². The Balaban J connectivity index is 1.83. The molecule has 100 valence electrons. The summed E-state index contributed by atoms with van der Waals surface area (Å²) in [6, 6.07) is 0.0984. The van der Waals surface area contributed by atoms with Gasteiger partial charge in [-0.2, -0.15) is 0 Å². The lowest BCUT2D eigenvalue weighted by molar-refractivity contribution is -0.125. The van der Waals surface area contributed by atoms with Crippen molar-refractivity contribution in [3.8, 4) is 0 Å². The summed E-state index contributed by atoms with van der Waals surface area (Å²) < 4.78 is 10.6. The number of carbonyl (C=O) groups is 1. The molecule has 1 fully saturated rings. The van der Waals surface area contributed by atoms with Crippen LogP contribution in [0.4, 0.5) is 0 Å². The Morgan fingerprint density at radius 1 is 1.56 bits per heavy atom. The van der Waals surface area contributed by atoms with Gasteiger partial charge in [0.1, 0.15) is 5.76 Å². The zero-order chi connectivity index (χ0) is 13.0. The first-order chi connectivity index (χ1) is 8.70. The average Bonchev–Trinajstić information content (AvgIpc) is 2.96. The first kappa shape index (κ1) is 13.0. The summed E-state index contributed by atoms with van der Waals surface area (Å²) >= 11 is 0. The highest BCUT2D eigenvalue weighted by Gasteiger charge is 2.33. The molecule has 0 radical (unpaired) electrons. The van der Waals surface area contributed by atoms with E-state index < -0.39 is 0 Å². The van der Waals surface area contributed by atoms with Gasteiger partial charge in [-0.1, -0.05) is 6.92 Å². The number of hydrogen-bond donors (Lipinski definition) is 2. The normalized spacial score (nSPS) is 23.2. The zero-order valence-electron chi connectivity index (χ0n) is 10.7. The van der Waals surface area contributed by atoms with Gasteiger partial charge in [0.25, 0.3) is 0 Å². The first-order valence-corrected chi connectivity index (χ1v) is 6.21. The van der Waals surface area contributed by atoms with Crippen LogP contribution in [-0.2, 0) is 16.1 Å². The molecule has 6 nitrogen and oxygen atoms in total. The van der Waals surface area contributed by atoms with Gasteiger partial charge in [-0.15, -0.1) is 0 Å². The Labute approximate surface area is 106 Å². The number of likely N-dealkylation sites (N-methyl/N-ethyl adjacent to an activating group) is 1. The number of aromatic nitrogens is 1. The number of nitrogens with one attached hydrogen (secondary N) is 2. The molecule has 1 aliphatic heterocycles. The van der Waals surface area contributed by atoms with Crippen LogP contribution in [0.2, 0.25) is 0 Å². The van der Waals surface area contributed by atoms with Crippen molar-refractivity contribution in [3.63, 3.8) is 0 Å². The topological polar surface area (TPSA) is 76.4 Å². The van der Waals surface area contributed by atoms with Crippen molar-refractivity contribution in [1.82, 2.24) is 15.6 Å². The Hall–Kier alpha value is -1.40. The van der Waals surface area contributed by atoms with Gasteiger partial charge in [0, 0.05) is 6.04 Å². The van der Waals surface area contributed by atoms with Crippen LogP contribution in [0.25, 0.3) is 0 Å². The maximum atomic E-state index is 12.0. The van der Waals surface area contributed by atoms with Gasteiger partial charge in [-0.25, -0.2) is 4.98 Å². The number of ether oxygens (including phenoxy) is 1. The van der Waals surface area contributed by atoms with E-state index in [1.54, 1.807) is 6.20 Å². The van der Waals surface area contributed by atoms with Crippen molar-refractivity contribution in [2.75, 3.05) is 19.8 Å². The number of hydrogen-bond acceptors (Lipinski definition) is 5. The van der Waals surface area contributed by atoms with E-state index in [-0.39, 0.29) is 17.9 Å². The fourth-order valence-electron chi connectivity index (χ4n) is 2.05. The third-order valence-electron chi connectivity index (χ3n) is 2.97. The number of oxazole rings is 1. The Kier molecular flexibility index (Phi) is 4.33. The Bertz CT molecular complexity index is 405.